The van der Waals surface area contributed by atoms with E-state index in [4.69, 9.17) is 11.6 Å². The van der Waals surface area contributed by atoms with Gasteiger partial charge < -0.3 is 9.80 Å². The summed E-state index contributed by atoms with van der Waals surface area (Å²) in [7, 11) is 0. The molecule has 0 unspecified atom stereocenters. The zero-order valence-corrected chi connectivity index (χ0v) is 13.8. The highest BCUT2D eigenvalue weighted by molar-refractivity contribution is 6.30. The zero-order chi connectivity index (χ0) is 16.5. The maximum atomic E-state index is 13.8. The number of hydrogen-bond donors (Lipinski definition) is 0. The first kappa shape index (κ1) is 16.7. The van der Waals surface area contributed by atoms with Gasteiger partial charge in [0, 0.05) is 36.6 Å². The molecule has 1 heterocycles. The molecule has 22 heavy (non-hydrogen) atoms. The molecule has 0 N–H and O–H groups in total. The Hall–Kier alpha value is -1.62. The second kappa shape index (κ2) is 6.24. The number of halogens is 2. The Kier molecular flexibility index (Phi) is 4.75. The number of amides is 2. The van der Waals surface area contributed by atoms with E-state index in [0.717, 1.165) is 6.07 Å². The highest BCUT2D eigenvalue weighted by Gasteiger charge is 2.31. The molecule has 1 aliphatic heterocycles. The lowest BCUT2D eigenvalue weighted by molar-refractivity contribution is -0.140. The average molecular weight is 327 g/mol. The van der Waals surface area contributed by atoms with Crippen LogP contribution in [0.1, 0.15) is 31.1 Å². The molecule has 0 aromatic heterocycles. The van der Waals surface area contributed by atoms with E-state index in [1.165, 1.54) is 12.1 Å². The van der Waals surface area contributed by atoms with E-state index in [1.807, 2.05) is 20.8 Å². The van der Waals surface area contributed by atoms with E-state index in [0.29, 0.717) is 26.2 Å². The maximum absolute atomic E-state index is 13.8. The molecular formula is C16H20ClFN2O2. The number of carbonyl (C=O) groups excluding carboxylic acids is 2. The van der Waals surface area contributed by atoms with Crippen LogP contribution in [-0.4, -0.2) is 47.8 Å². The fourth-order valence-electron chi connectivity index (χ4n) is 2.42. The molecule has 0 radical (unpaired) electrons. The van der Waals surface area contributed by atoms with Crippen LogP contribution in [0.15, 0.2) is 18.2 Å². The molecule has 1 aromatic rings. The Morgan fingerprint density at radius 1 is 1.09 bits per heavy atom. The maximum Gasteiger partial charge on any atom is 0.256 e. The van der Waals surface area contributed by atoms with Crippen LogP contribution in [0, 0.1) is 11.2 Å². The van der Waals surface area contributed by atoms with Crippen LogP contribution in [0.4, 0.5) is 4.39 Å². The standard InChI is InChI=1S/C16H20ClFN2O2/c1-16(2,3)15(22)20-8-6-19(7-9-20)14(21)12-5-4-11(17)10-13(12)18/h4-5,10H,6-9H2,1-3H3. The van der Waals surface area contributed by atoms with Gasteiger partial charge in [-0.2, -0.15) is 0 Å². The number of rotatable bonds is 1. The van der Waals surface area contributed by atoms with Crippen molar-refractivity contribution in [3.63, 3.8) is 0 Å². The van der Waals surface area contributed by atoms with Crippen molar-refractivity contribution in [1.82, 2.24) is 9.80 Å². The highest BCUT2D eigenvalue weighted by atomic mass is 35.5. The van der Waals surface area contributed by atoms with E-state index in [2.05, 4.69) is 0 Å². The van der Waals surface area contributed by atoms with Crippen molar-refractivity contribution in [2.24, 2.45) is 5.41 Å². The largest absolute Gasteiger partial charge is 0.339 e. The fourth-order valence-corrected chi connectivity index (χ4v) is 2.58. The minimum absolute atomic E-state index is 0.0139. The third kappa shape index (κ3) is 3.58. The van der Waals surface area contributed by atoms with Crippen molar-refractivity contribution in [2.45, 2.75) is 20.8 Å². The Balaban J connectivity index is 2.02. The second-order valence-electron chi connectivity index (χ2n) is 6.46. The normalized spacial score (nSPS) is 15.9. The summed E-state index contributed by atoms with van der Waals surface area (Å²) in [5.74, 6) is -0.917. The quantitative estimate of drug-likeness (QED) is 0.796. The van der Waals surface area contributed by atoms with Gasteiger partial charge in [-0.3, -0.25) is 9.59 Å². The Labute approximate surface area is 134 Å². The molecule has 6 heteroatoms. The predicted octanol–water partition coefficient (Wildman–Crippen LogP) is 2.81. The Morgan fingerprint density at radius 3 is 2.14 bits per heavy atom. The molecule has 4 nitrogen and oxygen atoms in total. The molecule has 0 spiro atoms. The molecule has 2 rings (SSSR count). The molecule has 1 fully saturated rings. The van der Waals surface area contributed by atoms with E-state index in [1.54, 1.807) is 9.80 Å². The van der Waals surface area contributed by atoms with Crippen molar-refractivity contribution >= 4 is 23.4 Å². The van der Waals surface area contributed by atoms with Crippen LogP contribution in [0.25, 0.3) is 0 Å². The van der Waals surface area contributed by atoms with Crippen LogP contribution < -0.4 is 0 Å². The van der Waals surface area contributed by atoms with E-state index in [9.17, 15) is 14.0 Å². The predicted molar refractivity (Wildman–Crippen MR) is 83.3 cm³/mol. The summed E-state index contributed by atoms with van der Waals surface area (Å²) >= 11 is 5.69. The van der Waals surface area contributed by atoms with Crippen molar-refractivity contribution in [2.75, 3.05) is 26.2 Å². The topological polar surface area (TPSA) is 40.6 Å². The highest BCUT2D eigenvalue weighted by Crippen LogP contribution is 2.20. The number of benzene rings is 1. The lowest BCUT2D eigenvalue weighted by atomic mass is 9.94. The first-order valence-corrected chi connectivity index (χ1v) is 7.61. The van der Waals surface area contributed by atoms with Gasteiger partial charge in [0.2, 0.25) is 5.91 Å². The summed E-state index contributed by atoms with van der Waals surface area (Å²) in [6, 6.07) is 4.03. The first-order valence-electron chi connectivity index (χ1n) is 7.24. The lowest BCUT2D eigenvalue weighted by Gasteiger charge is -2.37. The van der Waals surface area contributed by atoms with Crippen molar-refractivity contribution < 1.29 is 14.0 Å². The molecule has 0 aliphatic carbocycles. The summed E-state index contributed by atoms with van der Waals surface area (Å²) in [5.41, 5.74) is -0.422. The SMILES string of the molecule is CC(C)(C)C(=O)N1CCN(C(=O)c2ccc(Cl)cc2F)CC1. The van der Waals surface area contributed by atoms with Crippen LogP contribution in [0.2, 0.25) is 5.02 Å². The van der Waals surface area contributed by atoms with Gasteiger partial charge >= 0.3 is 0 Å². The van der Waals surface area contributed by atoms with Gasteiger partial charge in [-0.05, 0) is 18.2 Å². The Bertz CT molecular complexity index is 590. The summed E-state index contributed by atoms with van der Waals surface area (Å²) < 4.78 is 13.8. The number of nitrogens with zero attached hydrogens (tertiary/aromatic N) is 2. The molecule has 1 aromatic carbocycles. The summed E-state index contributed by atoms with van der Waals surface area (Å²) in [6.07, 6.45) is 0. The monoisotopic (exact) mass is 326 g/mol. The molecule has 0 atom stereocenters. The molecular weight excluding hydrogens is 307 g/mol. The number of piperazine rings is 1. The first-order chi connectivity index (χ1) is 10.2. The number of carbonyl (C=O) groups is 2. The summed E-state index contributed by atoms with van der Waals surface area (Å²) in [6.45, 7) is 7.36. The van der Waals surface area contributed by atoms with Crippen LogP contribution in [0.3, 0.4) is 0 Å². The average Bonchev–Trinajstić information content (AvgIpc) is 2.45. The molecule has 120 valence electrons. The van der Waals surface area contributed by atoms with E-state index >= 15 is 0 Å². The van der Waals surface area contributed by atoms with Gasteiger partial charge in [-0.25, -0.2) is 4.39 Å². The van der Waals surface area contributed by atoms with E-state index < -0.39 is 11.2 Å². The zero-order valence-electron chi connectivity index (χ0n) is 13.0. The van der Waals surface area contributed by atoms with Gasteiger partial charge in [-0.15, -0.1) is 0 Å². The number of hydrogen-bond acceptors (Lipinski definition) is 2. The Morgan fingerprint density at radius 2 is 1.64 bits per heavy atom. The van der Waals surface area contributed by atoms with Gasteiger partial charge in [0.1, 0.15) is 5.82 Å². The minimum Gasteiger partial charge on any atom is -0.339 e. The van der Waals surface area contributed by atoms with Crippen molar-refractivity contribution in [1.29, 1.82) is 0 Å². The molecule has 1 saturated heterocycles. The van der Waals surface area contributed by atoms with Crippen LogP contribution in [-0.2, 0) is 4.79 Å². The second-order valence-corrected chi connectivity index (χ2v) is 6.90. The van der Waals surface area contributed by atoms with Gasteiger partial charge in [0.05, 0.1) is 5.56 Å². The van der Waals surface area contributed by atoms with Gasteiger partial charge in [-0.1, -0.05) is 32.4 Å². The minimum atomic E-state index is -0.620. The molecule has 0 bridgehead atoms. The van der Waals surface area contributed by atoms with Gasteiger partial charge in [0.15, 0.2) is 0 Å². The summed E-state index contributed by atoms with van der Waals surface area (Å²) in [5, 5.41) is 0.259. The summed E-state index contributed by atoms with van der Waals surface area (Å²) in [4.78, 5) is 27.9. The molecule has 2 amide bonds. The van der Waals surface area contributed by atoms with E-state index in [-0.39, 0.29) is 22.4 Å². The third-order valence-electron chi connectivity index (χ3n) is 3.66. The van der Waals surface area contributed by atoms with Crippen LogP contribution >= 0.6 is 11.6 Å². The molecule has 1 aliphatic rings. The smallest absolute Gasteiger partial charge is 0.256 e. The van der Waals surface area contributed by atoms with Gasteiger partial charge in [0.25, 0.3) is 5.91 Å². The lowest BCUT2D eigenvalue weighted by Crippen LogP contribution is -2.53. The fraction of sp³-hybridized carbons (Fsp3) is 0.500. The molecule has 0 saturated carbocycles. The van der Waals surface area contributed by atoms with Crippen molar-refractivity contribution in [3.8, 4) is 0 Å². The van der Waals surface area contributed by atoms with Crippen molar-refractivity contribution in [3.05, 3.63) is 34.6 Å². The van der Waals surface area contributed by atoms with Crippen LogP contribution in [0.5, 0.6) is 0 Å². The third-order valence-corrected chi connectivity index (χ3v) is 3.89.